The van der Waals surface area contributed by atoms with Gasteiger partial charge >= 0.3 is 0 Å². The van der Waals surface area contributed by atoms with Crippen molar-refractivity contribution in [1.29, 1.82) is 0 Å². The van der Waals surface area contributed by atoms with Crippen molar-refractivity contribution in [3.05, 3.63) is 35.4 Å². The van der Waals surface area contributed by atoms with E-state index in [2.05, 4.69) is 71.1 Å². The van der Waals surface area contributed by atoms with Crippen LogP contribution in [0.1, 0.15) is 58.6 Å². The standard InChI is InChI=1S/C19H33N/c1-7-12-20-18(13-16(3)19(4,5)6)14-17-11-9-8-10-15(17)2/h8-11,16,18,20H,7,12-14H2,1-6H3. The number of benzene rings is 1. The molecule has 0 fully saturated rings. The van der Waals surface area contributed by atoms with Crippen LogP contribution in [0.4, 0.5) is 0 Å². The van der Waals surface area contributed by atoms with Gasteiger partial charge in [-0.2, -0.15) is 0 Å². The first-order valence-corrected chi connectivity index (χ1v) is 8.12. The zero-order chi connectivity index (χ0) is 15.2. The fourth-order valence-electron chi connectivity index (χ4n) is 2.47. The first-order valence-electron chi connectivity index (χ1n) is 8.12. The third-order valence-corrected chi connectivity index (χ3v) is 4.53. The summed E-state index contributed by atoms with van der Waals surface area (Å²) in [6.07, 6.45) is 3.60. The first-order chi connectivity index (χ1) is 9.34. The van der Waals surface area contributed by atoms with Crippen LogP contribution < -0.4 is 5.32 Å². The summed E-state index contributed by atoms with van der Waals surface area (Å²) in [6, 6.07) is 9.37. The highest BCUT2D eigenvalue weighted by molar-refractivity contribution is 5.26. The van der Waals surface area contributed by atoms with Crippen molar-refractivity contribution in [3.8, 4) is 0 Å². The van der Waals surface area contributed by atoms with Crippen LogP contribution in [0.3, 0.4) is 0 Å². The lowest BCUT2D eigenvalue weighted by molar-refractivity contribution is 0.222. The van der Waals surface area contributed by atoms with Gasteiger partial charge in [0, 0.05) is 6.04 Å². The monoisotopic (exact) mass is 275 g/mol. The molecule has 2 atom stereocenters. The van der Waals surface area contributed by atoms with Crippen LogP contribution in [-0.2, 0) is 6.42 Å². The molecule has 0 heterocycles. The van der Waals surface area contributed by atoms with E-state index in [1.807, 2.05) is 0 Å². The molecule has 0 aliphatic heterocycles. The summed E-state index contributed by atoms with van der Waals surface area (Å²) in [5.41, 5.74) is 3.29. The molecule has 0 aromatic heterocycles. The Morgan fingerprint density at radius 3 is 2.35 bits per heavy atom. The summed E-state index contributed by atoms with van der Waals surface area (Å²) in [7, 11) is 0. The first kappa shape index (κ1) is 17.2. The van der Waals surface area contributed by atoms with Gasteiger partial charge in [0.1, 0.15) is 0 Å². The molecular weight excluding hydrogens is 242 g/mol. The van der Waals surface area contributed by atoms with E-state index < -0.39 is 0 Å². The third-order valence-electron chi connectivity index (χ3n) is 4.53. The van der Waals surface area contributed by atoms with E-state index in [0.717, 1.165) is 18.9 Å². The molecule has 0 saturated carbocycles. The molecule has 1 nitrogen and oxygen atoms in total. The lowest BCUT2D eigenvalue weighted by atomic mass is 9.77. The SMILES string of the molecule is CCCNC(Cc1ccccc1C)CC(C)C(C)(C)C. The third kappa shape index (κ3) is 5.66. The lowest BCUT2D eigenvalue weighted by Crippen LogP contribution is -2.36. The molecule has 1 heteroatoms. The Morgan fingerprint density at radius 1 is 1.15 bits per heavy atom. The average molecular weight is 275 g/mol. The second kappa shape index (κ2) is 7.83. The second-order valence-electron chi connectivity index (χ2n) is 7.28. The Labute approximate surface area is 126 Å². The van der Waals surface area contributed by atoms with E-state index in [4.69, 9.17) is 0 Å². The van der Waals surface area contributed by atoms with Gasteiger partial charge in [0.15, 0.2) is 0 Å². The number of aryl methyl sites for hydroxylation is 1. The molecule has 0 aliphatic carbocycles. The highest BCUT2D eigenvalue weighted by Crippen LogP contribution is 2.29. The smallest absolute Gasteiger partial charge is 0.0110 e. The summed E-state index contributed by atoms with van der Waals surface area (Å²) in [5, 5.41) is 3.75. The van der Waals surface area contributed by atoms with Crippen LogP contribution in [0, 0.1) is 18.3 Å². The van der Waals surface area contributed by atoms with Crippen LogP contribution >= 0.6 is 0 Å². The fourth-order valence-corrected chi connectivity index (χ4v) is 2.47. The maximum Gasteiger partial charge on any atom is 0.0110 e. The number of hydrogen-bond donors (Lipinski definition) is 1. The predicted molar refractivity (Wildman–Crippen MR) is 90.2 cm³/mol. The molecule has 114 valence electrons. The highest BCUT2D eigenvalue weighted by Gasteiger charge is 2.23. The molecular formula is C19H33N. The average Bonchev–Trinajstić information content (AvgIpc) is 2.37. The Bertz CT molecular complexity index is 389. The normalized spacial score (nSPS) is 15.1. The predicted octanol–water partition coefficient (Wildman–Crippen LogP) is 4.98. The Balaban J connectivity index is 2.72. The summed E-state index contributed by atoms with van der Waals surface area (Å²) in [5.74, 6) is 0.723. The van der Waals surface area contributed by atoms with E-state index >= 15 is 0 Å². The molecule has 0 aliphatic rings. The Hall–Kier alpha value is -0.820. The molecule has 1 N–H and O–H groups in total. The van der Waals surface area contributed by atoms with Crippen molar-refractivity contribution in [1.82, 2.24) is 5.32 Å². The van der Waals surface area contributed by atoms with Gasteiger partial charge in [-0.15, -0.1) is 0 Å². The maximum atomic E-state index is 3.75. The van der Waals surface area contributed by atoms with Crippen LogP contribution in [0.25, 0.3) is 0 Å². The van der Waals surface area contributed by atoms with E-state index in [0.29, 0.717) is 11.5 Å². The van der Waals surface area contributed by atoms with E-state index in [-0.39, 0.29) is 0 Å². The van der Waals surface area contributed by atoms with Gasteiger partial charge in [-0.1, -0.05) is 58.9 Å². The largest absolute Gasteiger partial charge is 0.314 e. The van der Waals surface area contributed by atoms with Crippen LogP contribution in [0.15, 0.2) is 24.3 Å². The van der Waals surface area contributed by atoms with Crippen molar-refractivity contribution in [3.63, 3.8) is 0 Å². The van der Waals surface area contributed by atoms with E-state index in [1.54, 1.807) is 0 Å². The summed E-state index contributed by atoms with van der Waals surface area (Å²) < 4.78 is 0. The second-order valence-corrected chi connectivity index (χ2v) is 7.28. The summed E-state index contributed by atoms with van der Waals surface area (Å²) in [6.45, 7) is 15.0. The molecule has 0 bridgehead atoms. The van der Waals surface area contributed by atoms with E-state index in [1.165, 1.54) is 24.0 Å². The molecule has 0 amide bonds. The van der Waals surface area contributed by atoms with Crippen LogP contribution in [0.5, 0.6) is 0 Å². The molecule has 0 saturated heterocycles. The van der Waals surface area contributed by atoms with Gasteiger partial charge in [-0.05, 0) is 55.2 Å². The highest BCUT2D eigenvalue weighted by atomic mass is 14.9. The van der Waals surface area contributed by atoms with Gasteiger partial charge in [0.2, 0.25) is 0 Å². The number of hydrogen-bond acceptors (Lipinski definition) is 1. The van der Waals surface area contributed by atoms with Crippen LogP contribution in [-0.4, -0.2) is 12.6 Å². The molecule has 0 radical (unpaired) electrons. The fraction of sp³-hybridized carbons (Fsp3) is 0.684. The van der Waals surface area contributed by atoms with Gasteiger partial charge < -0.3 is 5.32 Å². The van der Waals surface area contributed by atoms with Crippen molar-refractivity contribution < 1.29 is 0 Å². The quantitative estimate of drug-likeness (QED) is 0.740. The summed E-state index contributed by atoms with van der Waals surface area (Å²) >= 11 is 0. The Morgan fingerprint density at radius 2 is 1.80 bits per heavy atom. The van der Waals surface area contributed by atoms with Gasteiger partial charge in [0.05, 0.1) is 0 Å². The molecule has 1 aromatic rings. The molecule has 1 aromatic carbocycles. The maximum absolute atomic E-state index is 3.75. The Kier molecular flexibility index (Phi) is 6.75. The number of rotatable bonds is 7. The van der Waals surface area contributed by atoms with Gasteiger partial charge in [0.25, 0.3) is 0 Å². The van der Waals surface area contributed by atoms with Gasteiger partial charge in [-0.25, -0.2) is 0 Å². The molecule has 1 rings (SSSR count). The zero-order valence-corrected chi connectivity index (χ0v) is 14.3. The molecule has 0 spiro atoms. The van der Waals surface area contributed by atoms with Gasteiger partial charge in [-0.3, -0.25) is 0 Å². The molecule has 20 heavy (non-hydrogen) atoms. The number of nitrogens with one attached hydrogen (secondary N) is 1. The summed E-state index contributed by atoms with van der Waals surface area (Å²) in [4.78, 5) is 0. The van der Waals surface area contributed by atoms with Crippen molar-refractivity contribution in [2.75, 3.05) is 6.54 Å². The lowest BCUT2D eigenvalue weighted by Gasteiger charge is -2.31. The van der Waals surface area contributed by atoms with Crippen molar-refractivity contribution >= 4 is 0 Å². The topological polar surface area (TPSA) is 12.0 Å². The van der Waals surface area contributed by atoms with Crippen LogP contribution in [0.2, 0.25) is 0 Å². The zero-order valence-electron chi connectivity index (χ0n) is 14.3. The minimum absolute atomic E-state index is 0.387. The molecule has 2 unspecified atom stereocenters. The van der Waals surface area contributed by atoms with Crippen molar-refractivity contribution in [2.24, 2.45) is 11.3 Å². The van der Waals surface area contributed by atoms with E-state index in [9.17, 15) is 0 Å². The minimum Gasteiger partial charge on any atom is -0.314 e. The van der Waals surface area contributed by atoms with Crippen molar-refractivity contribution in [2.45, 2.75) is 66.8 Å². The minimum atomic E-state index is 0.387.